The summed E-state index contributed by atoms with van der Waals surface area (Å²) in [7, 11) is 0. The molecule has 1 saturated heterocycles. The molecule has 0 bridgehead atoms. The molecular formula is C17H23N5S. The first-order valence-electron chi connectivity index (χ1n) is 8.56. The molecule has 1 aliphatic carbocycles. The van der Waals surface area contributed by atoms with Crippen molar-refractivity contribution in [2.75, 3.05) is 18.8 Å². The topological polar surface area (TPSA) is 67.9 Å². The van der Waals surface area contributed by atoms with Crippen molar-refractivity contribution in [1.82, 2.24) is 19.9 Å². The van der Waals surface area contributed by atoms with E-state index >= 15 is 0 Å². The summed E-state index contributed by atoms with van der Waals surface area (Å²) in [6.07, 6.45) is 9.27. The summed E-state index contributed by atoms with van der Waals surface area (Å²) in [5.74, 6) is 1.95. The van der Waals surface area contributed by atoms with Crippen LogP contribution in [0.3, 0.4) is 0 Å². The van der Waals surface area contributed by atoms with Crippen LogP contribution in [0.25, 0.3) is 0 Å². The van der Waals surface area contributed by atoms with E-state index in [1.165, 1.54) is 49.2 Å². The summed E-state index contributed by atoms with van der Waals surface area (Å²) in [5.41, 5.74) is 7.14. The van der Waals surface area contributed by atoms with Gasteiger partial charge in [-0.15, -0.1) is 11.3 Å². The standard InChI is InChI=1S/C17H23N5S/c18-15-7-8-19-16(21-15)11-22-9-3-4-12(10-22)17-20-13-5-1-2-6-14(13)23-17/h7-8,12H,1-6,9-11H2,(H2,18,19,21)/t12-/m1/s1. The van der Waals surface area contributed by atoms with Crippen molar-refractivity contribution in [1.29, 1.82) is 0 Å². The molecule has 5 nitrogen and oxygen atoms in total. The Hall–Kier alpha value is -1.53. The Morgan fingerprint density at radius 1 is 1.22 bits per heavy atom. The summed E-state index contributed by atoms with van der Waals surface area (Å²) >= 11 is 1.96. The molecule has 6 heteroatoms. The molecule has 122 valence electrons. The highest BCUT2D eigenvalue weighted by Crippen LogP contribution is 2.34. The average molecular weight is 329 g/mol. The lowest BCUT2D eigenvalue weighted by Crippen LogP contribution is -2.34. The fourth-order valence-corrected chi connectivity index (χ4v) is 4.92. The summed E-state index contributed by atoms with van der Waals surface area (Å²) in [5, 5.41) is 1.36. The van der Waals surface area contributed by atoms with Gasteiger partial charge in [0, 0.05) is 23.5 Å². The zero-order valence-corrected chi connectivity index (χ0v) is 14.2. The molecule has 4 rings (SSSR count). The first-order valence-corrected chi connectivity index (χ1v) is 9.38. The van der Waals surface area contributed by atoms with Crippen LogP contribution in [0.1, 0.15) is 53.0 Å². The van der Waals surface area contributed by atoms with Crippen LogP contribution >= 0.6 is 11.3 Å². The van der Waals surface area contributed by atoms with E-state index in [1.54, 1.807) is 17.1 Å². The third-order valence-electron chi connectivity index (χ3n) is 4.81. The van der Waals surface area contributed by atoms with E-state index in [-0.39, 0.29) is 0 Å². The van der Waals surface area contributed by atoms with Crippen LogP contribution in [0.2, 0.25) is 0 Å². The van der Waals surface area contributed by atoms with Crippen molar-refractivity contribution in [3.05, 3.63) is 33.7 Å². The number of piperidine rings is 1. The summed E-state index contributed by atoms with van der Waals surface area (Å²) in [6, 6.07) is 1.74. The van der Waals surface area contributed by atoms with Crippen molar-refractivity contribution in [3.63, 3.8) is 0 Å². The molecule has 1 atom stereocenters. The van der Waals surface area contributed by atoms with Crippen LogP contribution < -0.4 is 5.73 Å². The molecule has 0 unspecified atom stereocenters. The Morgan fingerprint density at radius 2 is 2.13 bits per heavy atom. The molecule has 0 saturated carbocycles. The van der Waals surface area contributed by atoms with E-state index in [9.17, 15) is 0 Å². The number of thiazole rings is 1. The molecule has 2 aromatic heterocycles. The minimum Gasteiger partial charge on any atom is -0.384 e. The molecule has 0 spiro atoms. The lowest BCUT2D eigenvalue weighted by Gasteiger charge is -2.31. The first-order chi connectivity index (χ1) is 11.3. The quantitative estimate of drug-likeness (QED) is 0.938. The van der Waals surface area contributed by atoms with E-state index < -0.39 is 0 Å². The summed E-state index contributed by atoms with van der Waals surface area (Å²) in [4.78, 5) is 17.6. The van der Waals surface area contributed by atoms with Crippen molar-refractivity contribution < 1.29 is 0 Å². The number of hydrogen-bond acceptors (Lipinski definition) is 6. The van der Waals surface area contributed by atoms with Crippen molar-refractivity contribution in [3.8, 4) is 0 Å². The molecule has 3 heterocycles. The molecule has 2 aliphatic rings. The van der Waals surface area contributed by atoms with Gasteiger partial charge in [-0.2, -0.15) is 0 Å². The van der Waals surface area contributed by atoms with E-state index in [4.69, 9.17) is 10.7 Å². The minimum atomic E-state index is 0.552. The number of fused-ring (bicyclic) bond motifs is 1. The Morgan fingerprint density at radius 3 is 3.00 bits per heavy atom. The van der Waals surface area contributed by atoms with Crippen LogP contribution in [-0.4, -0.2) is 32.9 Å². The van der Waals surface area contributed by atoms with Gasteiger partial charge < -0.3 is 5.73 Å². The van der Waals surface area contributed by atoms with E-state index in [1.807, 2.05) is 11.3 Å². The van der Waals surface area contributed by atoms with Crippen LogP contribution in [0.5, 0.6) is 0 Å². The second-order valence-electron chi connectivity index (χ2n) is 6.60. The second kappa shape index (κ2) is 6.53. The van der Waals surface area contributed by atoms with Crippen molar-refractivity contribution in [2.24, 2.45) is 0 Å². The number of aromatic nitrogens is 3. The van der Waals surface area contributed by atoms with Gasteiger partial charge in [0.15, 0.2) is 0 Å². The molecule has 23 heavy (non-hydrogen) atoms. The van der Waals surface area contributed by atoms with Crippen LogP contribution in [-0.2, 0) is 19.4 Å². The third kappa shape index (κ3) is 3.38. The lowest BCUT2D eigenvalue weighted by molar-refractivity contribution is 0.195. The highest BCUT2D eigenvalue weighted by Gasteiger charge is 2.26. The largest absolute Gasteiger partial charge is 0.384 e. The van der Waals surface area contributed by atoms with Crippen LogP contribution in [0.4, 0.5) is 5.82 Å². The Balaban J connectivity index is 1.45. The molecule has 0 radical (unpaired) electrons. The van der Waals surface area contributed by atoms with Crippen molar-refractivity contribution >= 4 is 17.2 Å². The zero-order chi connectivity index (χ0) is 15.6. The van der Waals surface area contributed by atoms with Crippen molar-refractivity contribution in [2.45, 2.75) is 51.0 Å². The number of hydrogen-bond donors (Lipinski definition) is 1. The molecule has 1 fully saturated rings. The van der Waals surface area contributed by atoms with Gasteiger partial charge >= 0.3 is 0 Å². The smallest absolute Gasteiger partial charge is 0.144 e. The molecule has 0 amide bonds. The third-order valence-corrected chi connectivity index (χ3v) is 6.13. The van der Waals surface area contributed by atoms with Gasteiger partial charge in [0.2, 0.25) is 0 Å². The number of nitrogens with zero attached hydrogens (tertiary/aromatic N) is 4. The number of anilines is 1. The average Bonchev–Trinajstić information content (AvgIpc) is 2.99. The Kier molecular flexibility index (Phi) is 4.27. The van der Waals surface area contributed by atoms with E-state index in [2.05, 4.69) is 14.9 Å². The highest BCUT2D eigenvalue weighted by atomic mass is 32.1. The SMILES string of the molecule is Nc1ccnc(CN2CCC[C@@H](c3nc4c(s3)CCCC4)C2)n1. The molecule has 2 N–H and O–H groups in total. The van der Waals surface area contributed by atoms with Crippen LogP contribution in [0.15, 0.2) is 12.3 Å². The minimum absolute atomic E-state index is 0.552. The number of nitrogen functional groups attached to an aromatic ring is 1. The Labute approximate surface area is 141 Å². The number of aryl methyl sites for hydroxylation is 2. The van der Waals surface area contributed by atoms with E-state index in [0.717, 1.165) is 25.5 Å². The number of rotatable bonds is 3. The normalized spacial score (nSPS) is 22.0. The van der Waals surface area contributed by atoms with Gasteiger partial charge in [0.25, 0.3) is 0 Å². The number of likely N-dealkylation sites (tertiary alicyclic amines) is 1. The van der Waals surface area contributed by atoms with Gasteiger partial charge in [0.05, 0.1) is 17.2 Å². The zero-order valence-electron chi connectivity index (χ0n) is 13.4. The van der Waals surface area contributed by atoms with Gasteiger partial charge in [-0.05, 0) is 51.1 Å². The molecule has 1 aliphatic heterocycles. The Bertz CT molecular complexity index is 660. The maximum atomic E-state index is 5.76. The van der Waals surface area contributed by atoms with Gasteiger partial charge in [-0.1, -0.05) is 0 Å². The number of nitrogens with two attached hydrogens (primary N) is 1. The predicted molar refractivity (Wildman–Crippen MR) is 92.5 cm³/mol. The molecular weight excluding hydrogens is 306 g/mol. The van der Waals surface area contributed by atoms with E-state index in [0.29, 0.717) is 11.7 Å². The fourth-order valence-electron chi connectivity index (χ4n) is 3.64. The molecule has 2 aromatic rings. The second-order valence-corrected chi connectivity index (χ2v) is 7.72. The van der Waals surface area contributed by atoms with Gasteiger partial charge in [0.1, 0.15) is 11.6 Å². The molecule has 0 aromatic carbocycles. The summed E-state index contributed by atoms with van der Waals surface area (Å²) < 4.78 is 0. The maximum Gasteiger partial charge on any atom is 0.144 e. The van der Waals surface area contributed by atoms with Gasteiger partial charge in [-0.25, -0.2) is 15.0 Å². The highest BCUT2D eigenvalue weighted by molar-refractivity contribution is 7.11. The fraction of sp³-hybridized carbons (Fsp3) is 0.588. The monoisotopic (exact) mass is 329 g/mol. The summed E-state index contributed by atoms with van der Waals surface area (Å²) in [6.45, 7) is 2.96. The lowest BCUT2D eigenvalue weighted by atomic mass is 9.98. The predicted octanol–water partition coefficient (Wildman–Crippen LogP) is 2.77. The first kappa shape index (κ1) is 15.0. The van der Waals surface area contributed by atoms with Gasteiger partial charge in [-0.3, -0.25) is 4.90 Å². The maximum absolute atomic E-state index is 5.76. The van der Waals surface area contributed by atoms with Crippen LogP contribution in [0, 0.1) is 0 Å².